The predicted molar refractivity (Wildman–Crippen MR) is 83.1 cm³/mol. The molecule has 0 radical (unpaired) electrons. The zero-order valence-electron chi connectivity index (χ0n) is 12.4. The number of hydrogen-bond donors (Lipinski definition) is 1. The molecule has 0 fully saturated rings. The summed E-state index contributed by atoms with van der Waals surface area (Å²) in [6, 6.07) is 11.1. The van der Waals surface area contributed by atoms with Gasteiger partial charge in [0.05, 0.1) is 11.6 Å². The molecule has 1 aliphatic rings. The maximum absolute atomic E-state index is 12.1. The first-order valence-electron chi connectivity index (χ1n) is 7.55. The van der Waals surface area contributed by atoms with E-state index in [-0.39, 0.29) is 5.91 Å². The number of fused-ring (bicyclic) bond motifs is 1. The monoisotopic (exact) mass is 292 g/mol. The number of aromatic nitrogens is 1. The number of anilines is 1. The van der Waals surface area contributed by atoms with Gasteiger partial charge in [0.25, 0.3) is 5.91 Å². The van der Waals surface area contributed by atoms with Gasteiger partial charge in [0.15, 0.2) is 12.4 Å². The van der Waals surface area contributed by atoms with Gasteiger partial charge in [-0.1, -0.05) is 0 Å². The molecule has 0 saturated carbocycles. The molecule has 2 aromatic rings. The number of nitrogens with zero attached hydrogens (tertiary/aromatic N) is 2. The fourth-order valence-corrected chi connectivity index (χ4v) is 2.81. The molecule has 22 heavy (non-hydrogen) atoms. The van der Waals surface area contributed by atoms with E-state index in [1.165, 1.54) is 24.0 Å². The van der Waals surface area contributed by atoms with Crippen molar-refractivity contribution in [2.24, 2.45) is 0 Å². The molecule has 0 atom stereocenters. The molecule has 1 aliphatic carbocycles. The van der Waals surface area contributed by atoms with Crippen LogP contribution in [0.15, 0.2) is 42.7 Å². The molecule has 0 saturated heterocycles. The number of benzene rings is 1. The van der Waals surface area contributed by atoms with Crippen molar-refractivity contribution in [2.45, 2.75) is 32.2 Å². The van der Waals surface area contributed by atoms with Gasteiger partial charge < -0.3 is 5.32 Å². The lowest BCUT2D eigenvalue weighted by Crippen LogP contribution is -2.40. The van der Waals surface area contributed by atoms with E-state index in [0.29, 0.717) is 17.8 Å². The van der Waals surface area contributed by atoms with Crippen LogP contribution in [0.4, 0.5) is 5.69 Å². The van der Waals surface area contributed by atoms with Crippen LogP contribution in [0.3, 0.4) is 0 Å². The highest BCUT2D eigenvalue weighted by Gasteiger charge is 2.15. The fourth-order valence-electron chi connectivity index (χ4n) is 2.81. The highest BCUT2D eigenvalue weighted by atomic mass is 16.1. The van der Waals surface area contributed by atoms with Crippen LogP contribution in [0.2, 0.25) is 0 Å². The van der Waals surface area contributed by atoms with E-state index in [1.807, 2.05) is 10.8 Å². The van der Waals surface area contributed by atoms with E-state index in [9.17, 15) is 4.79 Å². The SMILES string of the molecule is N#Cc1ccc(NC(=O)C[n+]2ccc3c(c2)CCCC3)cc1. The van der Waals surface area contributed by atoms with E-state index in [1.54, 1.807) is 24.3 Å². The normalized spacial score (nSPS) is 13.0. The van der Waals surface area contributed by atoms with Gasteiger partial charge in [0, 0.05) is 17.3 Å². The van der Waals surface area contributed by atoms with Gasteiger partial charge in [-0.2, -0.15) is 9.83 Å². The number of nitriles is 1. The first-order chi connectivity index (χ1) is 10.7. The third kappa shape index (κ3) is 3.32. The third-order valence-corrected chi connectivity index (χ3v) is 3.97. The molecule has 0 unspecified atom stereocenters. The molecule has 0 spiro atoms. The summed E-state index contributed by atoms with van der Waals surface area (Å²) in [5, 5.41) is 11.6. The van der Waals surface area contributed by atoms with Crippen molar-refractivity contribution in [1.82, 2.24) is 0 Å². The lowest BCUT2D eigenvalue weighted by molar-refractivity contribution is -0.684. The maximum Gasteiger partial charge on any atom is 0.290 e. The van der Waals surface area contributed by atoms with E-state index < -0.39 is 0 Å². The Morgan fingerprint density at radius 1 is 1.14 bits per heavy atom. The minimum Gasteiger partial charge on any atom is -0.321 e. The Balaban J connectivity index is 1.65. The van der Waals surface area contributed by atoms with Crippen LogP contribution in [0.25, 0.3) is 0 Å². The van der Waals surface area contributed by atoms with Crippen LogP contribution in [0, 0.1) is 11.3 Å². The van der Waals surface area contributed by atoms with E-state index in [0.717, 1.165) is 12.8 Å². The molecule has 4 heteroatoms. The lowest BCUT2D eigenvalue weighted by Gasteiger charge is -2.13. The van der Waals surface area contributed by atoms with Crippen molar-refractivity contribution in [3.8, 4) is 6.07 Å². The Kier molecular flexibility index (Phi) is 4.15. The number of carbonyl (C=O) groups excluding carboxylic acids is 1. The lowest BCUT2D eigenvalue weighted by atomic mass is 9.93. The topological polar surface area (TPSA) is 56.8 Å². The van der Waals surface area contributed by atoms with Crippen LogP contribution in [0.5, 0.6) is 0 Å². The highest BCUT2D eigenvalue weighted by molar-refractivity contribution is 5.89. The van der Waals surface area contributed by atoms with Gasteiger partial charge in [0.2, 0.25) is 6.54 Å². The Morgan fingerprint density at radius 3 is 2.59 bits per heavy atom. The van der Waals surface area contributed by atoms with Crippen LogP contribution < -0.4 is 9.88 Å². The number of hydrogen-bond acceptors (Lipinski definition) is 2. The Hall–Kier alpha value is -2.67. The first-order valence-corrected chi connectivity index (χ1v) is 7.55. The zero-order valence-corrected chi connectivity index (χ0v) is 12.4. The summed E-state index contributed by atoms with van der Waals surface area (Å²) in [6.07, 6.45) is 8.81. The summed E-state index contributed by atoms with van der Waals surface area (Å²) < 4.78 is 1.93. The number of amides is 1. The molecule has 3 rings (SSSR count). The Morgan fingerprint density at radius 2 is 1.86 bits per heavy atom. The van der Waals surface area contributed by atoms with E-state index in [4.69, 9.17) is 5.26 Å². The molecule has 110 valence electrons. The molecule has 1 aromatic heterocycles. The summed E-state index contributed by atoms with van der Waals surface area (Å²) in [4.78, 5) is 12.1. The molecule has 0 bridgehead atoms. The first kappa shape index (κ1) is 14.3. The van der Waals surface area contributed by atoms with Crippen molar-refractivity contribution in [3.63, 3.8) is 0 Å². The molecule has 0 aliphatic heterocycles. The summed E-state index contributed by atoms with van der Waals surface area (Å²) in [5.41, 5.74) is 4.07. The second-order valence-electron chi connectivity index (χ2n) is 5.61. The molecule has 1 N–H and O–H groups in total. The summed E-state index contributed by atoms with van der Waals surface area (Å²) >= 11 is 0. The summed E-state index contributed by atoms with van der Waals surface area (Å²) in [6.45, 7) is 0.299. The Bertz CT molecular complexity index is 729. The van der Waals surface area contributed by atoms with Crippen LogP contribution in [0.1, 0.15) is 29.5 Å². The molecule has 1 heterocycles. The minimum atomic E-state index is -0.0644. The standard InChI is InChI=1S/C18H17N3O/c19-11-14-5-7-17(8-6-14)20-18(22)13-21-10-9-15-3-1-2-4-16(15)12-21/h5-10,12H,1-4,13H2/p+1. The van der Waals surface area contributed by atoms with E-state index >= 15 is 0 Å². The minimum absolute atomic E-state index is 0.0644. The van der Waals surface area contributed by atoms with Crippen molar-refractivity contribution < 1.29 is 9.36 Å². The second-order valence-corrected chi connectivity index (χ2v) is 5.61. The maximum atomic E-state index is 12.1. The number of rotatable bonds is 3. The Labute approximate surface area is 130 Å². The summed E-state index contributed by atoms with van der Waals surface area (Å²) in [7, 11) is 0. The van der Waals surface area contributed by atoms with Crippen molar-refractivity contribution in [1.29, 1.82) is 5.26 Å². The number of pyridine rings is 1. The number of nitrogens with one attached hydrogen (secondary N) is 1. The van der Waals surface area contributed by atoms with Crippen LogP contribution in [-0.2, 0) is 24.2 Å². The molecular weight excluding hydrogens is 274 g/mol. The van der Waals surface area contributed by atoms with Crippen LogP contribution in [-0.4, -0.2) is 5.91 Å². The molecule has 1 amide bonds. The quantitative estimate of drug-likeness (QED) is 0.883. The van der Waals surface area contributed by atoms with Crippen LogP contribution >= 0.6 is 0 Å². The van der Waals surface area contributed by atoms with Gasteiger partial charge in [0.1, 0.15) is 0 Å². The van der Waals surface area contributed by atoms with Gasteiger partial charge in [-0.3, -0.25) is 4.79 Å². The number of aryl methyl sites for hydroxylation is 2. The van der Waals surface area contributed by atoms with Gasteiger partial charge in [-0.15, -0.1) is 0 Å². The van der Waals surface area contributed by atoms with Gasteiger partial charge >= 0.3 is 0 Å². The molecular formula is C18H18N3O+. The predicted octanol–water partition coefficient (Wildman–Crippen LogP) is 2.36. The smallest absolute Gasteiger partial charge is 0.290 e. The average Bonchev–Trinajstić information content (AvgIpc) is 2.55. The van der Waals surface area contributed by atoms with E-state index in [2.05, 4.69) is 23.6 Å². The highest BCUT2D eigenvalue weighted by Crippen LogP contribution is 2.18. The number of carbonyl (C=O) groups is 1. The van der Waals surface area contributed by atoms with Gasteiger partial charge in [-0.05, 0) is 55.5 Å². The average molecular weight is 292 g/mol. The largest absolute Gasteiger partial charge is 0.321 e. The third-order valence-electron chi connectivity index (χ3n) is 3.97. The van der Waals surface area contributed by atoms with Crippen molar-refractivity contribution in [3.05, 3.63) is 59.4 Å². The van der Waals surface area contributed by atoms with Crippen molar-refractivity contribution in [2.75, 3.05) is 5.32 Å². The molecule has 1 aromatic carbocycles. The second kappa shape index (κ2) is 6.40. The summed E-state index contributed by atoms with van der Waals surface area (Å²) in [5.74, 6) is -0.0644. The van der Waals surface area contributed by atoms with Crippen molar-refractivity contribution >= 4 is 11.6 Å². The molecule has 4 nitrogen and oxygen atoms in total. The van der Waals surface area contributed by atoms with Gasteiger partial charge in [-0.25, -0.2) is 0 Å². The zero-order chi connectivity index (χ0) is 15.4. The fraction of sp³-hybridized carbons (Fsp3) is 0.278.